The van der Waals surface area contributed by atoms with E-state index >= 15 is 0 Å². The maximum absolute atomic E-state index is 12.6. The molecule has 0 aliphatic carbocycles. The molecule has 0 unspecified atom stereocenters. The minimum atomic E-state index is -0.0238. The Balaban J connectivity index is 1.56. The predicted molar refractivity (Wildman–Crippen MR) is 104 cm³/mol. The third kappa shape index (κ3) is 5.60. The minimum Gasteiger partial charge on any atom is -0.353 e. The average Bonchev–Trinajstić information content (AvgIpc) is 2.97. The number of carbonyl (C=O) groups excluding carboxylic acids is 1. The van der Waals surface area contributed by atoms with Crippen LogP contribution in [-0.4, -0.2) is 43.2 Å². The molecule has 2 heterocycles. The molecule has 1 amide bonds. The Morgan fingerprint density at radius 1 is 1.19 bits per heavy atom. The first kappa shape index (κ1) is 19.5. The Labute approximate surface area is 160 Å². The first-order valence-corrected chi connectivity index (χ1v) is 9.60. The van der Waals surface area contributed by atoms with E-state index in [1.54, 1.807) is 4.68 Å². The molecule has 2 aromatic rings. The second-order valence-electron chi connectivity index (χ2n) is 8.80. The third-order valence-electron chi connectivity index (χ3n) is 4.94. The van der Waals surface area contributed by atoms with Crippen LogP contribution in [0.25, 0.3) is 0 Å². The van der Waals surface area contributed by atoms with Crippen molar-refractivity contribution < 1.29 is 4.79 Å². The number of nitrogens with zero attached hydrogens (tertiary/aromatic N) is 4. The number of nitrogens with one attached hydrogen (secondary N) is 2. The normalized spacial score (nSPS) is 19.0. The van der Waals surface area contributed by atoms with Gasteiger partial charge in [-0.2, -0.15) is 0 Å². The average molecular weight is 371 g/mol. The summed E-state index contributed by atoms with van der Waals surface area (Å²) in [4.78, 5) is 12.6. The van der Waals surface area contributed by atoms with Gasteiger partial charge in [-0.15, -0.1) is 5.10 Å². The van der Waals surface area contributed by atoms with Gasteiger partial charge in [0.15, 0.2) is 5.82 Å². The maximum atomic E-state index is 12.6. The zero-order valence-electron chi connectivity index (χ0n) is 16.7. The lowest BCUT2D eigenvalue weighted by Crippen LogP contribution is -2.62. The monoisotopic (exact) mass is 370 g/mol. The molecule has 1 aromatic heterocycles. The highest BCUT2D eigenvalue weighted by Gasteiger charge is 2.38. The molecule has 146 valence electrons. The van der Waals surface area contributed by atoms with Gasteiger partial charge >= 0.3 is 0 Å². The van der Waals surface area contributed by atoms with Crippen LogP contribution in [0.15, 0.2) is 30.3 Å². The molecule has 1 aliphatic rings. The highest BCUT2D eigenvalue weighted by molar-refractivity contribution is 5.78. The molecule has 0 atom stereocenters. The topological polar surface area (TPSA) is 84.7 Å². The van der Waals surface area contributed by atoms with Crippen LogP contribution in [0.3, 0.4) is 0 Å². The first-order valence-electron chi connectivity index (χ1n) is 9.60. The first-order chi connectivity index (χ1) is 12.7. The van der Waals surface area contributed by atoms with Crippen LogP contribution in [0.1, 0.15) is 51.9 Å². The van der Waals surface area contributed by atoms with Crippen molar-refractivity contribution >= 4 is 5.91 Å². The van der Waals surface area contributed by atoms with Crippen LogP contribution in [0.4, 0.5) is 0 Å². The van der Waals surface area contributed by atoms with E-state index in [-0.39, 0.29) is 29.4 Å². The minimum absolute atomic E-state index is 0.00302. The van der Waals surface area contributed by atoms with E-state index in [0.29, 0.717) is 12.4 Å². The number of rotatable bonds is 6. The molecule has 1 fully saturated rings. The van der Waals surface area contributed by atoms with E-state index in [0.717, 1.165) is 19.3 Å². The molecule has 1 saturated heterocycles. The van der Waals surface area contributed by atoms with Gasteiger partial charge in [-0.25, -0.2) is 4.68 Å². The summed E-state index contributed by atoms with van der Waals surface area (Å²) in [5.41, 5.74) is 1.22. The van der Waals surface area contributed by atoms with Crippen LogP contribution in [0, 0.1) is 0 Å². The van der Waals surface area contributed by atoms with Crippen molar-refractivity contribution in [2.24, 2.45) is 0 Å². The van der Waals surface area contributed by atoms with Gasteiger partial charge in [0.2, 0.25) is 5.91 Å². The molecular formula is C20H30N6O. The Morgan fingerprint density at radius 3 is 2.52 bits per heavy atom. The fourth-order valence-electron chi connectivity index (χ4n) is 4.25. The second-order valence-corrected chi connectivity index (χ2v) is 8.80. The number of aryl methyl sites for hydroxylation is 2. The summed E-state index contributed by atoms with van der Waals surface area (Å²) in [7, 11) is 0. The number of carbonyl (C=O) groups is 1. The largest absolute Gasteiger partial charge is 0.353 e. The van der Waals surface area contributed by atoms with E-state index in [4.69, 9.17) is 0 Å². The van der Waals surface area contributed by atoms with E-state index in [2.05, 4.69) is 66.0 Å². The molecule has 0 spiro atoms. The molecule has 0 saturated carbocycles. The number of hydrogen-bond donors (Lipinski definition) is 2. The van der Waals surface area contributed by atoms with Gasteiger partial charge < -0.3 is 10.6 Å². The highest BCUT2D eigenvalue weighted by atomic mass is 16.1. The van der Waals surface area contributed by atoms with Crippen molar-refractivity contribution in [2.75, 3.05) is 0 Å². The van der Waals surface area contributed by atoms with Gasteiger partial charge in [-0.05, 0) is 62.9 Å². The van der Waals surface area contributed by atoms with Crippen LogP contribution in [-0.2, 0) is 24.2 Å². The fraction of sp³-hybridized carbons (Fsp3) is 0.600. The Morgan fingerprint density at radius 2 is 1.85 bits per heavy atom. The summed E-state index contributed by atoms with van der Waals surface area (Å²) in [6, 6.07) is 10.3. The summed E-state index contributed by atoms with van der Waals surface area (Å²) in [6.07, 6.45) is 2.84. The Kier molecular flexibility index (Phi) is 5.60. The van der Waals surface area contributed by atoms with E-state index in [1.165, 1.54) is 5.56 Å². The summed E-state index contributed by atoms with van der Waals surface area (Å²) < 4.78 is 1.73. The SMILES string of the molecule is CC1(C)CC(NC(=O)Cc2nnnn2CCc2ccccc2)CC(C)(C)N1. The number of aromatic nitrogens is 4. The summed E-state index contributed by atoms with van der Waals surface area (Å²) in [5, 5.41) is 18.7. The third-order valence-corrected chi connectivity index (χ3v) is 4.94. The van der Waals surface area contributed by atoms with Gasteiger partial charge in [-0.1, -0.05) is 30.3 Å². The summed E-state index contributed by atoms with van der Waals surface area (Å²) in [6.45, 7) is 9.37. The van der Waals surface area contributed by atoms with Gasteiger partial charge in [0.25, 0.3) is 0 Å². The smallest absolute Gasteiger partial charge is 0.227 e. The summed E-state index contributed by atoms with van der Waals surface area (Å²) >= 11 is 0. The van der Waals surface area contributed by atoms with Gasteiger partial charge in [-0.3, -0.25) is 4.79 Å². The lowest BCUT2D eigenvalue weighted by molar-refractivity contribution is -0.121. The fourth-order valence-corrected chi connectivity index (χ4v) is 4.25. The molecule has 0 bridgehead atoms. The number of piperidine rings is 1. The van der Waals surface area contributed by atoms with E-state index in [9.17, 15) is 4.79 Å². The molecule has 1 aliphatic heterocycles. The van der Waals surface area contributed by atoms with Crippen molar-refractivity contribution in [3.05, 3.63) is 41.7 Å². The highest BCUT2D eigenvalue weighted by Crippen LogP contribution is 2.28. The van der Waals surface area contributed by atoms with E-state index in [1.807, 2.05) is 18.2 Å². The lowest BCUT2D eigenvalue weighted by atomic mass is 9.79. The number of hydrogen-bond acceptors (Lipinski definition) is 5. The molecule has 27 heavy (non-hydrogen) atoms. The maximum Gasteiger partial charge on any atom is 0.227 e. The molecule has 2 N–H and O–H groups in total. The molecule has 7 heteroatoms. The van der Waals surface area contributed by atoms with Crippen molar-refractivity contribution in [3.63, 3.8) is 0 Å². The molecule has 1 aromatic carbocycles. The molecule has 7 nitrogen and oxygen atoms in total. The zero-order chi connectivity index (χ0) is 19.5. The quantitative estimate of drug-likeness (QED) is 0.811. The summed E-state index contributed by atoms with van der Waals surface area (Å²) in [5.74, 6) is 0.583. The van der Waals surface area contributed by atoms with Crippen LogP contribution in [0.5, 0.6) is 0 Å². The Hall–Kier alpha value is -2.28. The van der Waals surface area contributed by atoms with Crippen molar-refractivity contribution in [2.45, 2.75) is 77.0 Å². The zero-order valence-corrected chi connectivity index (χ0v) is 16.7. The molecule has 0 radical (unpaired) electrons. The van der Waals surface area contributed by atoms with Crippen LogP contribution < -0.4 is 10.6 Å². The van der Waals surface area contributed by atoms with Crippen LogP contribution in [0.2, 0.25) is 0 Å². The standard InChI is InChI=1S/C20H30N6O/c1-19(2)13-16(14-20(3,4)23-19)21-18(27)12-17-22-24-25-26(17)11-10-15-8-6-5-7-9-15/h5-9,16,23H,10-14H2,1-4H3,(H,21,27). The molecule has 3 rings (SSSR count). The van der Waals surface area contributed by atoms with Gasteiger partial charge in [0.1, 0.15) is 0 Å². The van der Waals surface area contributed by atoms with Crippen LogP contribution >= 0.6 is 0 Å². The van der Waals surface area contributed by atoms with Gasteiger partial charge in [0.05, 0.1) is 6.42 Å². The Bertz CT molecular complexity index is 752. The lowest BCUT2D eigenvalue weighted by Gasteiger charge is -2.46. The number of tetrazole rings is 1. The predicted octanol–water partition coefficient (Wildman–Crippen LogP) is 1.88. The van der Waals surface area contributed by atoms with Crippen molar-refractivity contribution in [1.82, 2.24) is 30.8 Å². The number of benzene rings is 1. The van der Waals surface area contributed by atoms with Gasteiger partial charge in [0, 0.05) is 23.7 Å². The van der Waals surface area contributed by atoms with Crippen molar-refractivity contribution in [3.8, 4) is 0 Å². The number of amides is 1. The molecular weight excluding hydrogens is 340 g/mol. The van der Waals surface area contributed by atoms with Crippen molar-refractivity contribution in [1.29, 1.82) is 0 Å². The van der Waals surface area contributed by atoms with E-state index < -0.39 is 0 Å². The second kappa shape index (κ2) is 7.76.